The minimum absolute atomic E-state index is 0.795. The minimum atomic E-state index is 0.795. The van der Waals surface area contributed by atoms with Gasteiger partial charge in [0, 0.05) is 0 Å². The topological polar surface area (TPSA) is 0 Å². The summed E-state index contributed by atoms with van der Waals surface area (Å²) in [4.78, 5) is 0. The highest BCUT2D eigenvalue weighted by molar-refractivity contribution is 7.50. The summed E-state index contributed by atoms with van der Waals surface area (Å²) in [5, 5.41) is 2.87. The molecule has 0 bridgehead atoms. The Morgan fingerprint density at radius 3 is 2.06 bits per heavy atom. The normalized spacial score (nSPS) is 12.8. The van der Waals surface area contributed by atoms with Crippen molar-refractivity contribution >= 4 is 27.8 Å². The van der Waals surface area contributed by atoms with Crippen molar-refractivity contribution in [2.75, 3.05) is 6.16 Å². The molecule has 0 saturated heterocycles. The van der Waals surface area contributed by atoms with Crippen LogP contribution in [0.1, 0.15) is 6.92 Å². The van der Waals surface area contributed by atoms with Crippen LogP contribution in [0.3, 0.4) is 0 Å². The van der Waals surface area contributed by atoms with Crippen molar-refractivity contribution in [3.8, 4) is 0 Å². The molecule has 0 aliphatic heterocycles. The summed E-state index contributed by atoms with van der Waals surface area (Å²) in [6.07, 6.45) is 1.18. The Balaban J connectivity index is 1.83. The van der Waals surface area contributed by atoms with Crippen LogP contribution in [0, 0.1) is 0 Å². The zero-order chi connectivity index (χ0) is 12.6. The Kier molecular flexibility index (Phi) is 5.59. The second kappa shape index (κ2) is 7.47. The van der Waals surface area contributed by atoms with Crippen LogP contribution in [0.25, 0.3) is 0 Å². The Morgan fingerprint density at radius 1 is 0.889 bits per heavy atom. The van der Waals surface area contributed by atoms with Crippen LogP contribution >= 0.6 is 17.2 Å². The van der Waals surface area contributed by atoms with Crippen LogP contribution in [0.2, 0.25) is 0 Å². The van der Waals surface area contributed by atoms with Gasteiger partial charge in [-0.1, -0.05) is 89.2 Å². The van der Waals surface area contributed by atoms with Crippen LogP contribution in [-0.2, 0) is 0 Å². The Hall–Kier alpha value is -0.960. The molecule has 0 aliphatic rings. The van der Waals surface area contributed by atoms with E-state index in [1.54, 1.807) is 0 Å². The molecule has 0 amide bonds. The molecule has 0 spiro atoms. The van der Waals surface area contributed by atoms with E-state index in [-0.39, 0.29) is 0 Å². The Morgan fingerprint density at radius 2 is 1.44 bits per heavy atom. The maximum atomic E-state index is 2.38. The van der Waals surface area contributed by atoms with E-state index in [9.17, 15) is 0 Å². The number of benzene rings is 2. The molecule has 2 unspecified atom stereocenters. The van der Waals surface area contributed by atoms with Gasteiger partial charge < -0.3 is 0 Å². The van der Waals surface area contributed by atoms with Crippen LogP contribution < -0.4 is 10.6 Å². The van der Waals surface area contributed by atoms with Crippen molar-refractivity contribution in [2.45, 2.75) is 6.92 Å². The largest absolute Gasteiger partial charge is 0.0862 e. The molecule has 18 heavy (non-hydrogen) atoms. The van der Waals surface area contributed by atoms with Gasteiger partial charge in [-0.3, -0.25) is 0 Å². The first kappa shape index (κ1) is 13.5. The zero-order valence-corrected chi connectivity index (χ0v) is 12.6. The summed E-state index contributed by atoms with van der Waals surface area (Å²) in [6.45, 7) is 2.24. The van der Waals surface area contributed by atoms with E-state index in [1.807, 2.05) is 0 Å². The van der Waals surface area contributed by atoms with Crippen LogP contribution in [-0.4, -0.2) is 6.16 Å². The van der Waals surface area contributed by atoms with Crippen molar-refractivity contribution in [2.24, 2.45) is 0 Å². The maximum absolute atomic E-state index is 2.38. The maximum Gasteiger partial charge on any atom is -0.0101 e. The molecule has 0 saturated carbocycles. The first-order valence-electron chi connectivity index (χ1n) is 6.11. The fourth-order valence-corrected chi connectivity index (χ4v) is 3.71. The molecule has 2 aromatic carbocycles. The van der Waals surface area contributed by atoms with Gasteiger partial charge in [-0.05, 0) is 23.7 Å². The van der Waals surface area contributed by atoms with Gasteiger partial charge >= 0.3 is 0 Å². The highest BCUT2D eigenvalue weighted by atomic mass is 31.1. The number of hydrogen-bond donors (Lipinski definition) is 0. The van der Waals surface area contributed by atoms with Gasteiger partial charge in [-0.2, -0.15) is 0 Å². The van der Waals surface area contributed by atoms with Crippen molar-refractivity contribution < 1.29 is 0 Å². The highest BCUT2D eigenvalue weighted by Gasteiger charge is 1.94. The molecule has 0 heterocycles. The molecule has 2 aromatic rings. The smallest absolute Gasteiger partial charge is 0.0101 e. The molecule has 0 nitrogen and oxygen atoms in total. The van der Waals surface area contributed by atoms with Gasteiger partial charge in [0.15, 0.2) is 0 Å². The Labute approximate surface area is 113 Å². The number of hydrogen-bond acceptors (Lipinski definition) is 0. The van der Waals surface area contributed by atoms with Gasteiger partial charge in [0.05, 0.1) is 0 Å². The van der Waals surface area contributed by atoms with Gasteiger partial charge in [0.2, 0.25) is 0 Å². The standard InChI is InChI=1S/C16H18P2/c1-14(12-17-15-8-4-2-5-9-15)13-18-16-10-6-3-7-11-16/h2-12,17-18H,13H2,1H3/b14-12+. The average molecular weight is 272 g/mol. The van der Waals surface area contributed by atoms with E-state index in [0.717, 1.165) is 17.2 Å². The molecule has 92 valence electrons. The van der Waals surface area contributed by atoms with Crippen LogP contribution in [0.4, 0.5) is 0 Å². The second-order valence-electron chi connectivity index (χ2n) is 4.22. The predicted molar refractivity (Wildman–Crippen MR) is 87.4 cm³/mol. The summed E-state index contributed by atoms with van der Waals surface area (Å²) in [7, 11) is 1.68. The van der Waals surface area contributed by atoms with Crippen LogP contribution in [0.15, 0.2) is 72.1 Å². The van der Waals surface area contributed by atoms with Crippen molar-refractivity contribution in [1.82, 2.24) is 0 Å². The summed E-state index contributed by atoms with van der Waals surface area (Å²) in [5.74, 6) is 2.38. The lowest BCUT2D eigenvalue weighted by Gasteiger charge is -2.03. The number of rotatable bonds is 5. The van der Waals surface area contributed by atoms with Crippen molar-refractivity contribution in [3.63, 3.8) is 0 Å². The predicted octanol–water partition coefficient (Wildman–Crippen LogP) is 3.90. The van der Waals surface area contributed by atoms with E-state index < -0.39 is 0 Å². The minimum Gasteiger partial charge on any atom is -0.0862 e. The molecule has 2 rings (SSSR count). The SMILES string of the molecule is C/C(=C\Pc1ccccc1)CPc1ccccc1. The lowest BCUT2D eigenvalue weighted by Crippen LogP contribution is -1.94. The zero-order valence-electron chi connectivity index (χ0n) is 10.6. The Bertz CT molecular complexity index is 489. The summed E-state index contributed by atoms with van der Waals surface area (Å²) in [5.41, 5.74) is 1.50. The third-order valence-electron chi connectivity index (χ3n) is 2.60. The summed E-state index contributed by atoms with van der Waals surface area (Å²) < 4.78 is 0. The van der Waals surface area contributed by atoms with Gasteiger partial charge in [0.1, 0.15) is 0 Å². The highest BCUT2D eigenvalue weighted by Crippen LogP contribution is 2.20. The second-order valence-corrected chi connectivity index (χ2v) is 6.66. The van der Waals surface area contributed by atoms with Gasteiger partial charge in [-0.25, -0.2) is 0 Å². The quantitative estimate of drug-likeness (QED) is 0.724. The molecule has 0 fully saturated rings. The van der Waals surface area contributed by atoms with Gasteiger partial charge in [-0.15, -0.1) is 0 Å². The van der Waals surface area contributed by atoms with E-state index in [2.05, 4.69) is 73.4 Å². The monoisotopic (exact) mass is 272 g/mol. The molecule has 0 aliphatic carbocycles. The first-order valence-corrected chi connectivity index (χ1v) is 8.39. The lowest BCUT2D eigenvalue weighted by molar-refractivity contribution is 1.43. The molecule has 0 radical (unpaired) electrons. The molecule has 2 atom stereocenters. The van der Waals surface area contributed by atoms with Crippen molar-refractivity contribution in [3.05, 3.63) is 72.1 Å². The van der Waals surface area contributed by atoms with Crippen LogP contribution in [0.5, 0.6) is 0 Å². The van der Waals surface area contributed by atoms with E-state index in [1.165, 1.54) is 22.3 Å². The first-order chi connectivity index (χ1) is 8.84. The summed E-state index contributed by atoms with van der Waals surface area (Å²) in [6, 6.07) is 21.4. The molecular weight excluding hydrogens is 254 g/mol. The van der Waals surface area contributed by atoms with Crippen molar-refractivity contribution in [1.29, 1.82) is 0 Å². The van der Waals surface area contributed by atoms with Gasteiger partial charge in [0.25, 0.3) is 0 Å². The van der Waals surface area contributed by atoms with E-state index in [4.69, 9.17) is 0 Å². The number of allylic oxidation sites excluding steroid dienone is 1. The fourth-order valence-electron chi connectivity index (χ4n) is 1.59. The third kappa shape index (κ3) is 4.73. The average Bonchev–Trinajstić information content (AvgIpc) is 2.45. The van der Waals surface area contributed by atoms with E-state index in [0.29, 0.717) is 0 Å². The fraction of sp³-hybridized carbons (Fsp3) is 0.125. The summed E-state index contributed by atoms with van der Waals surface area (Å²) >= 11 is 0. The lowest BCUT2D eigenvalue weighted by atomic mass is 10.4. The molecule has 0 N–H and O–H groups in total. The van der Waals surface area contributed by atoms with E-state index >= 15 is 0 Å². The third-order valence-corrected chi connectivity index (χ3v) is 5.38. The molecule has 0 aromatic heterocycles. The molecule has 2 heteroatoms. The molecular formula is C16H18P2.